The van der Waals surface area contributed by atoms with Crippen molar-refractivity contribution >= 4 is 69.4 Å². The molecule has 2 saturated heterocycles. The van der Waals surface area contributed by atoms with Crippen LogP contribution in [0.2, 0.25) is 0 Å². The summed E-state index contributed by atoms with van der Waals surface area (Å²) in [5.41, 5.74) is 6.09. The van der Waals surface area contributed by atoms with Crippen LogP contribution < -0.4 is 29.9 Å². The van der Waals surface area contributed by atoms with Crippen LogP contribution in [0.15, 0.2) is 96.5 Å². The van der Waals surface area contributed by atoms with Crippen molar-refractivity contribution in [2.75, 3.05) is 29.6 Å². The predicted molar refractivity (Wildman–Crippen MR) is 268 cm³/mol. The van der Waals surface area contributed by atoms with Gasteiger partial charge >= 0.3 is 0 Å². The fourth-order valence-electron chi connectivity index (χ4n) is 8.33. The summed E-state index contributed by atoms with van der Waals surface area (Å²) >= 11 is 7.40. The summed E-state index contributed by atoms with van der Waals surface area (Å²) in [6, 6.07) is 25.4. The summed E-state index contributed by atoms with van der Waals surface area (Å²) in [4.78, 5) is 68.5. The van der Waals surface area contributed by atoms with Crippen molar-refractivity contribution < 1.29 is 33.8 Å². The highest BCUT2D eigenvalue weighted by Gasteiger charge is 2.50. The number of anilines is 2. The number of aromatic nitrogens is 1. The Hall–Kier alpha value is -6.67. The van der Waals surface area contributed by atoms with E-state index in [1.807, 2.05) is 113 Å². The van der Waals surface area contributed by atoms with Crippen LogP contribution in [0.4, 0.5) is 17.1 Å². The lowest BCUT2D eigenvalue weighted by atomic mass is 9.85. The third-order valence-electron chi connectivity index (χ3n) is 12.2. The van der Waals surface area contributed by atoms with E-state index in [1.165, 1.54) is 9.80 Å². The maximum absolute atomic E-state index is 14.1. The molecule has 0 spiro atoms. The zero-order valence-corrected chi connectivity index (χ0v) is 41.0. The molecule has 0 unspecified atom stereocenters. The van der Waals surface area contributed by atoms with Gasteiger partial charge in [0.15, 0.2) is 10.8 Å². The van der Waals surface area contributed by atoms with Crippen molar-refractivity contribution in [2.24, 2.45) is 5.41 Å². The molecule has 0 saturated carbocycles. The first kappa shape index (κ1) is 49.2. The van der Waals surface area contributed by atoms with Gasteiger partial charge in [-0.05, 0) is 136 Å². The van der Waals surface area contributed by atoms with Crippen molar-refractivity contribution in [1.82, 2.24) is 20.5 Å². The fraction of sp³-hybridized carbons (Fsp3) is 0.365. The van der Waals surface area contributed by atoms with Gasteiger partial charge in [-0.1, -0.05) is 51.1 Å². The van der Waals surface area contributed by atoms with Gasteiger partial charge in [0.05, 0.1) is 42.0 Å². The van der Waals surface area contributed by atoms with Crippen LogP contribution in [0.1, 0.15) is 81.1 Å². The quantitative estimate of drug-likeness (QED) is 0.0498. The number of amides is 4. The van der Waals surface area contributed by atoms with Crippen LogP contribution in [0.25, 0.3) is 15.3 Å². The summed E-state index contributed by atoms with van der Waals surface area (Å²) in [6.07, 6.45) is 0.652. The Morgan fingerprint density at radius 2 is 1.56 bits per heavy atom. The molecular weight excluding hydrogens is 899 g/mol. The molecule has 0 radical (unpaired) electrons. The lowest BCUT2D eigenvalue weighted by molar-refractivity contribution is -0.142. The van der Waals surface area contributed by atoms with Gasteiger partial charge in [0.25, 0.3) is 11.8 Å². The van der Waals surface area contributed by atoms with E-state index >= 15 is 0 Å². The molecule has 0 bridgehead atoms. The van der Waals surface area contributed by atoms with Gasteiger partial charge < -0.3 is 35.0 Å². The molecule has 5 aromatic rings. The number of thiocarbonyl (C=S) groups is 1. The van der Waals surface area contributed by atoms with E-state index in [2.05, 4.69) is 20.5 Å². The van der Waals surface area contributed by atoms with Crippen molar-refractivity contribution in [3.8, 4) is 21.9 Å². The Labute approximate surface area is 407 Å². The fourth-order valence-corrected chi connectivity index (χ4v) is 9.67. The summed E-state index contributed by atoms with van der Waals surface area (Å²) < 4.78 is 11.9. The Morgan fingerprint density at radius 3 is 2.13 bits per heavy atom. The van der Waals surface area contributed by atoms with E-state index < -0.39 is 41.0 Å². The maximum Gasteiger partial charge on any atom is 0.259 e. The topological polar surface area (TPSA) is 158 Å². The first-order valence-corrected chi connectivity index (χ1v) is 23.8. The number of aliphatic hydroxyl groups excluding tert-OH is 1. The molecule has 68 heavy (non-hydrogen) atoms. The molecular formula is C52H57N7O7S2. The minimum Gasteiger partial charge on any atom is -0.494 e. The maximum atomic E-state index is 14.1. The molecule has 14 nitrogen and oxygen atoms in total. The third-order valence-corrected chi connectivity index (χ3v) is 13.5. The van der Waals surface area contributed by atoms with Gasteiger partial charge in [-0.25, -0.2) is 9.83 Å². The summed E-state index contributed by atoms with van der Waals surface area (Å²) in [6.45, 7) is 21.5. The molecule has 4 amide bonds. The number of hydrogen-bond donors (Lipinski definition) is 3. The number of likely N-dealkylation sites (tertiary alicyclic amines) is 1. The Bertz CT molecular complexity index is 2710. The molecule has 2 aliphatic heterocycles. The first-order valence-electron chi connectivity index (χ1n) is 22.6. The second kappa shape index (κ2) is 20.7. The number of nitrogens with zero attached hydrogens (tertiary/aromatic N) is 5. The van der Waals surface area contributed by atoms with Crippen molar-refractivity contribution in [3.05, 3.63) is 130 Å². The van der Waals surface area contributed by atoms with E-state index in [9.17, 15) is 24.3 Å². The van der Waals surface area contributed by atoms with Crippen molar-refractivity contribution in [2.45, 2.75) is 98.0 Å². The smallest absolute Gasteiger partial charge is 0.259 e. The molecule has 0 aliphatic carbocycles. The normalized spacial score (nSPS) is 17.2. The van der Waals surface area contributed by atoms with Crippen LogP contribution in [0.5, 0.6) is 11.5 Å². The lowest BCUT2D eigenvalue weighted by Crippen LogP contribution is -2.57. The highest BCUT2D eigenvalue weighted by Crippen LogP contribution is 2.38. The van der Waals surface area contributed by atoms with Crippen LogP contribution in [0, 0.1) is 25.8 Å². The number of aryl methyl sites for hydroxylation is 2. The summed E-state index contributed by atoms with van der Waals surface area (Å²) in [5.74, 6) is -0.156. The van der Waals surface area contributed by atoms with E-state index in [-0.39, 0.29) is 31.3 Å². The number of benzene rings is 4. The predicted octanol–water partition coefficient (Wildman–Crippen LogP) is 8.56. The van der Waals surface area contributed by atoms with Gasteiger partial charge in [-0.3, -0.25) is 24.1 Å². The van der Waals surface area contributed by atoms with Gasteiger partial charge in [0.1, 0.15) is 29.1 Å². The third kappa shape index (κ3) is 10.9. The van der Waals surface area contributed by atoms with E-state index in [0.717, 1.165) is 39.4 Å². The van der Waals surface area contributed by atoms with Crippen molar-refractivity contribution in [1.29, 1.82) is 0 Å². The molecule has 4 aromatic carbocycles. The van der Waals surface area contributed by atoms with E-state index in [4.69, 9.17) is 28.3 Å². The lowest BCUT2D eigenvalue weighted by Gasteiger charge is -2.35. The number of β-amino-alcohol motifs (C(OH)–C–C–N with tert-alkyl or cyclic N) is 1. The number of thiazole rings is 1. The van der Waals surface area contributed by atoms with Gasteiger partial charge in [-0.2, -0.15) is 0 Å². The number of nitrogens with one attached hydrogen (secondary N) is 2. The molecule has 7 rings (SSSR count). The van der Waals surface area contributed by atoms with Gasteiger partial charge in [0, 0.05) is 36.4 Å². The molecule has 3 atom stereocenters. The van der Waals surface area contributed by atoms with E-state index in [0.29, 0.717) is 53.2 Å². The second-order valence-corrected chi connectivity index (χ2v) is 19.9. The van der Waals surface area contributed by atoms with Crippen LogP contribution in [0.3, 0.4) is 0 Å². The van der Waals surface area contributed by atoms with Crippen molar-refractivity contribution in [3.63, 3.8) is 0 Å². The Morgan fingerprint density at radius 1 is 0.941 bits per heavy atom. The summed E-state index contributed by atoms with van der Waals surface area (Å²) in [5, 5.41) is 16.8. The molecule has 2 fully saturated rings. The number of carbonyl (C=O) groups is 4. The zero-order chi connectivity index (χ0) is 48.9. The number of ether oxygens (including phenoxy) is 2. The van der Waals surface area contributed by atoms with Crippen LogP contribution in [-0.4, -0.2) is 87.2 Å². The second-order valence-electron chi connectivity index (χ2n) is 18.7. The largest absolute Gasteiger partial charge is 0.494 e. The zero-order valence-electron chi connectivity index (χ0n) is 39.4. The first-order chi connectivity index (χ1) is 32.4. The molecule has 16 heteroatoms. The standard InChI is InChI=1S/C52H57N7O7S2/c1-32-27-38(19-24-42(32)53-8)58-49(64)52(6,7)59(50(58)67)37-17-22-41(23-18-37)66-26-10-9-25-65-40-20-15-36(16-21-40)46(61)56-45(51(3,4)5)48(63)57-30-39(60)28-43(57)47(62)54-29-34-11-13-35(14-12-34)44-33(2)55-31-68-44/h11-24,27,31,39,43,45,60H,9-10,25-26,28-30H2,1-7H3,(H,54,62)(H,56,61)/t39-,43+,45-/m1/s1. The summed E-state index contributed by atoms with van der Waals surface area (Å²) in [7, 11) is 0. The molecule has 1 aromatic heterocycles. The molecule has 3 N–H and O–H groups in total. The minimum absolute atomic E-state index is 0.0202. The number of carbonyl (C=O) groups excluding carboxylic acids is 4. The molecule has 3 heterocycles. The number of aliphatic hydroxyl groups is 1. The number of unbranched alkanes of at least 4 members (excludes halogenated alkanes) is 1. The average molecular weight is 956 g/mol. The van der Waals surface area contributed by atoms with Crippen LogP contribution >= 0.6 is 23.6 Å². The Kier molecular flexibility index (Phi) is 15.0. The monoisotopic (exact) mass is 955 g/mol. The number of rotatable bonds is 16. The Balaban J connectivity index is 0.858. The minimum atomic E-state index is -0.979. The highest BCUT2D eigenvalue weighted by molar-refractivity contribution is 7.81. The van der Waals surface area contributed by atoms with Crippen LogP contribution in [-0.2, 0) is 20.9 Å². The SMILES string of the molecule is [C-]#[N+]c1ccc(N2C(=O)C(C)(C)N(c3ccc(OCCCCOc4ccc(C(=O)N[C@H](C(=O)N5C[C@H](O)C[C@H]5C(=O)NCc5ccc(-c6scnc6C)cc5)C(C)(C)C)cc4)cc3)C2=S)cc1C. The highest BCUT2D eigenvalue weighted by atomic mass is 32.1. The van der Waals surface area contributed by atoms with Gasteiger partial charge in [0.2, 0.25) is 11.8 Å². The van der Waals surface area contributed by atoms with Gasteiger partial charge in [-0.15, -0.1) is 11.3 Å². The molecule has 354 valence electrons. The average Bonchev–Trinajstić information content (AvgIpc) is 3.98. The molecule has 2 aliphatic rings. The van der Waals surface area contributed by atoms with E-state index in [1.54, 1.807) is 47.7 Å². The number of hydrogen-bond acceptors (Lipinski definition) is 10.